The molecule has 5 aliphatic carbocycles. The fourth-order valence-electron chi connectivity index (χ4n) is 8.30. The van der Waals surface area contributed by atoms with E-state index in [1.165, 1.54) is 56.9 Å². The summed E-state index contributed by atoms with van der Waals surface area (Å²) in [5.41, 5.74) is 2.48. The van der Waals surface area contributed by atoms with E-state index < -0.39 is 0 Å². The second kappa shape index (κ2) is 6.79. The van der Waals surface area contributed by atoms with E-state index in [0.29, 0.717) is 33.4 Å². The Hall–Kier alpha value is -0.960. The molecule has 0 aliphatic heterocycles. The molecule has 0 aromatic rings. The molecule has 0 unspecified atom stereocenters. The zero-order valence-electron chi connectivity index (χ0n) is 17.4. The van der Waals surface area contributed by atoms with Crippen LogP contribution in [0.4, 0.5) is 0 Å². The Morgan fingerprint density at radius 1 is 1.25 bits per heavy atom. The molecule has 2 nitrogen and oxygen atoms in total. The number of hydrogen-bond acceptors (Lipinski definition) is 3. The Kier molecular flexibility index (Phi) is 4.61. The Bertz CT molecular complexity index is 746. The molecule has 28 heavy (non-hydrogen) atoms. The van der Waals surface area contributed by atoms with Gasteiger partial charge >= 0.3 is 0 Å². The van der Waals surface area contributed by atoms with Crippen molar-refractivity contribution in [1.29, 1.82) is 0 Å². The summed E-state index contributed by atoms with van der Waals surface area (Å²) in [6.07, 6.45) is 17.6. The maximum absolute atomic E-state index is 11.8. The molecule has 0 aromatic carbocycles. The molecular formula is C25H34O2S. The summed E-state index contributed by atoms with van der Waals surface area (Å²) in [6, 6.07) is 0. The van der Waals surface area contributed by atoms with Gasteiger partial charge in [-0.15, -0.1) is 0 Å². The van der Waals surface area contributed by atoms with Crippen LogP contribution in [0.15, 0.2) is 23.5 Å². The molecule has 5 aliphatic rings. The van der Waals surface area contributed by atoms with Gasteiger partial charge in [-0.1, -0.05) is 31.6 Å². The van der Waals surface area contributed by atoms with Crippen molar-refractivity contribution in [1.82, 2.24) is 0 Å². The first-order chi connectivity index (χ1) is 13.5. The van der Waals surface area contributed by atoms with Crippen LogP contribution in [0, 0.1) is 40.4 Å². The van der Waals surface area contributed by atoms with E-state index in [2.05, 4.69) is 26.0 Å². The third-order valence-corrected chi connectivity index (χ3v) is 10.1. The summed E-state index contributed by atoms with van der Waals surface area (Å²) < 4.78 is 5.84. The molecule has 3 heteroatoms. The number of carbonyl (C=O) groups is 1. The smallest absolute Gasteiger partial charge is 0.157 e. The quantitative estimate of drug-likeness (QED) is 0.426. The highest BCUT2D eigenvalue weighted by atomic mass is 32.1. The second-order valence-corrected chi connectivity index (χ2v) is 10.8. The average Bonchev–Trinajstić information content (AvgIpc) is 3.00. The summed E-state index contributed by atoms with van der Waals surface area (Å²) in [5, 5.41) is 0. The molecule has 0 radical (unpaired) electrons. The number of fused-ring (bicyclic) bond motifs is 6. The fraction of sp³-hybridized carbons (Fsp3) is 0.760. The molecule has 0 N–H and O–H groups in total. The maximum atomic E-state index is 11.8. The Labute approximate surface area is 175 Å². The molecule has 0 bridgehead atoms. The zero-order valence-corrected chi connectivity index (χ0v) is 18.2. The minimum absolute atomic E-state index is 0.154. The molecule has 0 saturated heterocycles. The minimum atomic E-state index is 0.154. The van der Waals surface area contributed by atoms with Crippen LogP contribution in [0.3, 0.4) is 0 Å². The van der Waals surface area contributed by atoms with Crippen LogP contribution in [0.2, 0.25) is 0 Å². The average molecular weight is 399 g/mol. The molecule has 1 spiro atoms. The number of carbonyl (C=O) groups excluding carboxylic acids is 1. The third-order valence-electron chi connectivity index (χ3n) is 9.77. The lowest BCUT2D eigenvalue weighted by atomic mass is 9.44. The summed E-state index contributed by atoms with van der Waals surface area (Å²) in [7, 11) is 0. The lowest BCUT2D eigenvalue weighted by Crippen LogP contribution is -2.54. The highest BCUT2D eigenvalue weighted by Gasteiger charge is 2.65. The topological polar surface area (TPSA) is 26.3 Å². The molecule has 3 saturated carbocycles. The van der Waals surface area contributed by atoms with E-state index in [4.69, 9.17) is 17.0 Å². The van der Waals surface area contributed by atoms with Crippen LogP contribution >= 0.6 is 12.2 Å². The molecule has 0 amide bonds. The molecule has 6 atom stereocenters. The van der Waals surface area contributed by atoms with Gasteiger partial charge < -0.3 is 4.74 Å². The minimum Gasteiger partial charge on any atom is -0.498 e. The predicted octanol–water partition coefficient (Wildman–Crippen LogP) is 6.05. The van der Waals surface area contributed by atoms with Crippen LogP contribution in [-0.2, 0) is 9.53 Å². The predicted molar refractivity (Wildman–Crippen MR) is 116 cm³/mol. The van der Waals surface area contributed by atoms with E-state index in [9.17, 15) is 4.79 Å². The molecule has 0 heterocycles. The zero-order chi connectivity index (χ0) is 19.5. The van der Waals surface area contributed by atoms with Gasteiger partial charge in [0.25, 0.3) is 0 Å². The summed E-state index contributed by atoms with van der Waals surface area (Å²) >= 11 is 5.65. The van der Waals surface area contributed by atoms with Crippen molar-refractivity contribution in [3.8, 4) is 0 Å². The standard InChI is InChI=1S/C25H34O2S/c1-3-27-17-5-6-18-16(13-17)14-20(22(28)15-26)23-19(18)7-11-24(2)21(23)8-12-25(24)9-4-10-25/h13-15,18-21,23H,3-12H2,1-2H3/t18-,19+,20-,21-,23-,24-/m0/s1. The monoisotopic (exact) mass is 398 g/mol. The maximum Gasteiger partial charge on any atom is 0.157 e. The Morgan fingerprint density at radius 3 is 2.75 bits per heavy atom. The van der Waals surface area contributed by atoms with Crippen molar-refractivity contribution in [2.75, 3.05) is 6.61 Å². The van der Waals surface area contributed by atoms with Crippen molar-refractivity contribution < 1.29 is 9.53 Å². The van der Waals surface area contributed by atoms with Gasteiger partial charge in [0.05, 0.1) is 17.2 Å². The first kappa shape index (κ1) is 19.0. The van der Waals surface area contributed by atoms with Crippen LogP contribution < -0.4 is 0 Å². The first-order valence-corrected chi connectivity index (χ1v) is 12.0. The van der Waals surface area contributed by atoms with Crippen molar-refractivity contribution in [2.45, 2.75) is 71.6 Å². The van der Waals surface area contributed by atoms with E-state index in [1.807, 2.05) is 0 Å². The van der Waals surface area contributed by atoms with Crippen molar-refractivity contribution in [2.24, 2.45) is 40.4 Å². The summed E-state index contributed by atoms with van der Waals surface area (Å²) in [6.45, 7) is 5.39. The largest absolute Gasteiger partial charge is 0.498 e. The number of rotatable bonds is 4. The second-order valence-electron chi connectivity index (χ2n) is 10.4. The molecule has 0 aromatic heterocycles. The lowest BCUT2D eigenvalue weighted by Gasteiger charge is -2.60. The Balaban J connectivity index is 1.54. The van der Waals surface area contributed by atoms with Gasteiger partial charge in [0.1, 0.15) is 0 Å². The van der Waals surface area contributed by atoms with Gasteiger partial charge in [-0.05, 0) is 98.0 Å². The number of thiocarbonyl (C=S) groups is 1. The van der Waals surface area contributed by atoms with Crippen LogP contribution in [-0.4, -0.2) is 17.8 Å². The van der Waals surface area contributed by atoms with Crippen LogP contribution in [0.5, 0.6) is 0 Å². The first-order valence-electron chi connectivity index (χ1n) is 11.6. The fourth-order valence-corrected chi connectivity index (χ4v) is 8.52. The van der Waals surface area contributed by atoms with E-state index in [0.717, 1.165) is 31.0 Å². The van der Waals surface area contributed by atoms with Gasteiger partial charge in [-0.25, -0.2) is 0 Å². The number of hydrogen-bond donors (Lipinski definition) is 0. The Morgan fingerprint density at radius 2 is 2.07 bits per heavy atom. The molecule has 3 fully saturated rings. The van der Waals surface area contributed by atoms with Gasteiger partial charge in [0.15, 0.2) is 6.29 Å². The number of allylic oxidation sites excluding steroid dienone is 4. The van der Waals surface area contributed by atoms with E-state index in [-0.39, 0.29) is 5.92 Å². The third kappa shape index (κ3) is 2.50. The van der Waals surface area contributed by atoms with Gasteiger partial charge in [-0.2, -0.15) is 0 Å². The number of ether oxygens (including phenoxy) is 1. The van der Waals surface area contributed by atoms with Gasteiger partial charge in [-0.3, -0.25) is 4.79 Å². The lowest BCUT2D eigenvalue weighted by molar-refractivity contribution is -0.104. The van der Waals surface area contributed by atoms with Crippen LogP contribution in [0.25, 0.3) is 0 Å². The van der Waals surface area contributed by atoms with Crippen molar-refractivity contribution >= 4 is 23.4 Å². The molecule has 5 rings (SSSR count). The SMILES string of the molecule is CCOC1=CC2=C[C@@H](C(=S)C=O)[C@@H]3[C@H](CC[C@@]4(C)[C@H]3CCC43CCC3)[C@H]2CC1. The highest BCUT2D eigenvalue weighted by molar-refractivity contribution is 7.81. The molecular weight excluding hydrogens is 364 g/mol. The van der Waals surface area contributed by atoms with E-state index in [1.54, 1.807) is 0 Å². The van der Waals surface area contributed by atoms with Crippen molar-refractivity contribution in [3.05, 3.63) is 23.5 Å². The van der Waals surface area contributed by atoms with Gasteiger partial charge in [0, 0.05) is 12.3 Å². The summed E-state index contributed by atoms with van der Waals surface area (Å²) in [5.74, 6) is 3.92. The normalized spacial score (nSPS) is 43.0. The van der Waals surface area contributed by atoms with E-state index >= 15 is 0 Å². The molecule has 152 valence electrons. The summed E-state index contributed by atoms with van der Waals surface area (Å²) in [4.78, 5) is 12.4. The highest BCUT2D eigenvalue weighted by Crippen LogP contribution is 2.73. The van der Waals surface area contributed by atoms with Crippen molar-refractivity contribution in [3.63, 3.8) is 0 Å². The van der Waals surface area contributed by atoms with Crippen LogP contribution in [0.1, 0.15) is 71.6 Å². The van der Waals surface area contributed by atoms with Gasteiger partial charge in [0.2, 0.25) is 0 Å². The number of aldehydes is 1.